The third-order valence-corrected chi connectivity index (χ3v) is 4.97. The highest BCUT2D eigenvalue weighted by molar-refractivity contribution is 7.99. The Hall–Kier alpha value is -0.220. The lowest BCUT2D eigenvalue weighted by atomic mass is 10.0. The Balaban J connectivity index is 1.82. The molecule has 92 valence electrons. The van der Waals surface area contributed by atoms with Gasteiger partial charge in [-0.1, -0.05) is 0 Å². The van der Waals surface area contributed by atoms with Crippen LogP contribution in [0.4, 0.5) is 0 Å². The van der Waals surface area contributed by atoms with E-state index < -0.39 is 0 Å². The zero-order valence-corrected chi connectivity index (χ0v) is 11.1. The monoisotopic (exact) mass is 242 g/mol. The number of rotatable bonds is 2. The van der Waals surface area contributed by atoms with E-state index in [9.17, 15) is 4.79 Å². The van der Waals surface area contributed by atoms with Crippen LogP contribution >= 0.6 is 11.8 Å². The number of hydrogen-bond donors (Lipinski definition) is 0. The molecule has 2 fully saturated rings. The molecule has 0 radical (unpaired) electrons. The Labute approximate surface area is 103 Å². The number of thioether (sulfide) groups is 1. The summed E-state index contributed by atoms with van der Waals surface area (Å²) < 4.78 is 0. The molecule has 0 aromatic heterocycles. The van der Waals surface area contributed by atoms with E-state index in [0.717, 1.165) is 37.8 Å². The van der Waals surface area contributed by atoms with Gasteiger partial charge in [-0.05, 0) is 39.1 Å². The van der Waals surface area contributed by atoms with E-state index in [-0.39, 0.29) is 5.92 Å². The molecule has 0 saturated carbocycles. The maximum atomic E-state index is 12.2. The summed E-state index contributed by atoms with van der Waals surface area (Å²) in [7, 11) is 2.10. The lowest BCUT2D eigenvalue weighted by Crippen LogP contribution is -2.43. The van der Waals surface area contributed by atoms with Crippen LogP contribution in [0.1, 0.15) is 19.3 Å². The van der Waals surface area contributed by atoms with Crippen LogP contribution in [0.2, 0.25) is 0 Å². The maximum Gasteiger partial charge on any atom is 0.227 e. The van der Waals surface area contributed by atoms with Gasteiger partial charge in [0, 0.05) is 24.9 Å². The van der Waals surface area contributed by atoms with Crippen LogP contribution in [0.15, 0.2) is 0 Å². The topological polar surface area (TPSA) is 23.6 Å². The highest BCUT2D eigenvalue weighted by Crippen LogP contribution is 2.24. The Morgan fingerprint density at radius 2 is 1.88 bits per heavy atom. The first-order valence-electron chi connectivity index (χ1n) is 6.21. The van der Waals surface area contributed by atoms with Gasteiger partial charge in [-0.25, -0.2) is 0 Å². The van der Waals surface area contributed by atoms with Crippen LogP contribution < -0.4 is 0 Å². The van der Waals surface area contributed by atoms with Gasteiger partial charge in [-0.3, -0.25) is 4.79 Å². The van der Waals surface area contributed by atoms with Crippen LogP contribution in [-0.2, 0) is 4.79 Å². The van der Waals surface area contributed by atoms with Crippen molar-refractivity contribution in [1.82, 2.24) is 9.80 Å². The van der Waals surface area contributed by atoms with E-state index in [0.29, 0.717) is 5.91 Å². The first kappa shape index (κ1) is 12.2. The Bertz CT molecular complexity index is 251. The molecule has 1 atom stereocenters. The Morgan fingerprint density at radius 1 is 1.19 bits per heavy atom. The van der Waals surface area contributed by atoms with Gasteiger partial charge in [0.05, 0.1) is 5.92 Å². The molecule has 0 N–H and O–H groups in total. The molecule has 3 nitrogen and oxygen atoms in total. The van der Waals surface area contributed by atoms with E-state index >= 15 is 0 Å². The van der Waals surface area contributed by atoms with Gasteiger partial charge >= 0.3 is 0 Å². The molecule has 0 bridgehead atoms. The number of likely N-dealkylation sites (tertiary alicyclic amines) is 2. The van der Waals surface area contributed by atoms with Crippen molar-refractivity contribution in [2.24, 2.45) is 5.92 Å². The van der Waals surface area contributed by atoms with E-state index in [1.54, 1.807) is 0 Å². The van der Waals surface area contributed by atoms with Crippen molar-refractivity contribution < 1.29 is 4.79 Å². The molecule has 0 aromatic carbocycles. The van der Waals surface area contributed by atoms with Crippen molar-refractivity contribution >= 4 is 17.7 Å². The van der Waals surface area contributed by atoms with E-state index in [1.807, 2.05) is 11.8 Å². The first-order valence-corrected chi connectivity index (χ1v) is 7.49. The average Bonchev–Trinajstić information content (AvgIpc) is 2.75. The minimum absolute atomic E-state index is 0.274. The minimum Gasteiger partial charge on any atom is -0.342 e. The van der Waals surface area contributed by atoms with Gasteiger partial charge in [0.2, 0.25) is 5.91 Å². The lowest BCUT2D eigenvalue weighted by Gasteiger charge is -2.32. The molecule has 1 unspecified atom stereocenters. The zero-order valence-electron chi connectivity index (χ0n) is 10.3. The number of piperidine rings is 1. The van der Waals surface area contributed by atoms with Crippen molar-refractivity contribution in [2.75, 3.05) is 39.5 Å². The molecule has 2 aliphatic heterocycles. The molecular weight excluding hydrogens is 220 g/mol. The number of carbonyl (C=O) groups excluding carboxylic acids is 1. The molecule has 2 rings (SSSR count). The van der Waals surface area contributed by atoms with Crippen LogP contribution in [0.3, 0.4) is 0 Å². The lowest BCUT2D eigenvalue weighted by molar-refractivity contribution is -0.135. The summed E-state index contributed by atoms with van der Waals surface area (Å²) in [6.45, 7) is 3.99. The van der Waals surface area contributed by atoms with Gasteiger partial charge in [-0.2, -0.15) is 11.8 Å². The van der Waals surface area contributed by atoms with Gasteiger partial charge < -0.3 is 9.80 Å². The molecular formula is C12H22N2OS. The highest BCUT2D eigenvalue weighted by Gasteiger charge is 2.31. The number of nitrogens with zero attached hydrogens (tertiary/aromatic N) is 2. The summed E-state index contributed by atoms with van der Waals surface area (Å²) in [6.07, 6.45) is 5.58. The molecule has 0 spiro atoms. The fraction of sp³-hybridized carbons (Fsp3) is 0.917. The molecule has 2 aliphatic rings. The average molecular weight is 242 g/mol. The third kappa shape index (κ3) is 2.72. The van der Waals surface area contributed by atoms with E-state index in [2.05, 4.69) is 23.1 Å². The fourth-order valence-electron chi connectivity index (χ4n) is 2.71. The summed E-state index contributed by atoms with van der Waals surface area (Å²) in [5, 5.41) is 0.773. The minimum atomic E-state index is 0.274. The Morgan fingerprint density at radius 3 is 2.38 bits per heavy atom. The zero-order chi connectivity index (χ0) is 11.5. The van der Waals surface area contributed by atoms with Gasteiger partial charge in [0.1, 0.15) is 0 Å². The fourth-order valence-corrected chi connectivity index (χ4v) is 3.39. The highest BCUT2D eigenvalue weighted by atomic mass is 32.2. The van der Waals surface area contributed by atoms with Crippen LogP contribution in [0, 0.1) is 5.92 Å². The van der Waals surface area contributed by atoms with Crippen molar-refractivity contribution in [1.29, 1.82) is 0 Å². The quantitative estimate of drug-likeness (QED) is 0.729. The predicted molar refractivity (Wildman–Crippen MR) is 68.7 cm³/mol. The molecule has 2 heterocycles. The first-order chi connectivity index (χ1) is 7.70. The summed E-state index contributed by atoms with van der Waals surface area (Å²) in [4.78, 5) is 16.6. The van der Waals surface area contributed by atoms with Crippen molar-refractivity contribution in [3.8, 4) is 0 Å². The smallest absolute Gasteiger partial charge is 0.227 e. The number of hydrogen-bond acceptors (Lipinski definition) is 3. The van der Waals surface area contributed by atoms with Gasteiger partial charge in [-0.15, -0.1) is 0 Å². The molecule has 0 aromatic rings. The molecule has 1 amide bonds. The molecule has 4 heteroatoms. The Kier molecular flexibility index (Phi) is 4.14. The summed E-state index contributed by atoms with van der Waals surface area (Å²) >= 11 is 1.95. The van der Waals surface area contributed by atoms with Crippen LogP contribution in [0.25, 0.3) is 0 Å². The predicted octanol–water partition coefficient (Wildman–Crippen LogP) is 1.29. The summed E-state index contributed by atoms with van der Waals surface area (Å²) in [5.41, 5.74) is 0. The van der Waals surface area contributed by atoms with E-state index in [1.165, 1.54) is 12.8 Å². The SMILES string of the molecule is CSC1CCN(C(=O)C2CCN(C)C2)CC1. The van der Waals surface area contributed by atoms with Crippen LogP contribution in [-0.4, -0.2) is 60.4 Å². The van der Waals surface area contributed by atoms with Crippen molar-refractivity contribution in [2.45, 2.75) is 24.5 Å². The maximum absolute atomic E-state index is 12.2. The third-order valence-electron chi connectivity index (χ3n) is 3.83. The molecule has 2 saturated heterocycles. The van der Waals surface area contributed by atoms with Gasteiger partial charge in [0.15, 0.2) is 0 Å². The molecule has 16 heavy (non-hydrogen) atoms. The van der Waals surface area contributed by atoms with E-state index in [4.69, 9.17) is 0 Å². The van der Waals surface area contributed by atoms with Crippen molar-refractivity contribution in [3.05, 3.63) is 0 Å². The molecule has 0 aliphatic carbocycles. The second-order valence-electron chi connectivity index (χ2n) is 5.01. The normalized spacial score (nSPS) is 28.6. The number of carbonyl (C=O) groups is 1. The number of amides is 1. The van der Waals surface area contributed by atoms with Gasteiger partial charge in [0.25, 0.3) is 0 Å². The second-order valence-corrected chi connectivity index (χ2v) is 6.15. The standard InChI is InChI=1S/C12H22N2OS/c1-13-6-3-10(9-13)12(15)14-7-4-11(16-2)5-8-14/h10-11H,3-9H2,1-2H3. The van der Waals surface area contributed by atoms with Crippen LogP contribution in [0.5, 0.6) is 0 Å². The summed E-state index contributed by atoms with van der Waals surface area (Å²) in [5.74, 6) is 0.680. The van der Waals surface area contributed by atoms with Crippen molar-refractivity contribution in [3.63, 3.8) is 0 Å². The largest absolute Gasteiger partial charge is 0.342 e. The summed E-state index contributed by atoms with van der Waals surface area (Å²) in [6, 6.07) is 0. The second kappa shape index (κ2) is 5.41.